The Kier molecular flexibility index (Phi) is 7.13. The molecular formula is C17H34N2O3. The predicted molar refractivity (Wildman–Crippen MR) is 89.1 cm³/mol. The first-order valence-corrected chi connectivity index (χ1v) is 8.59. The Balaban J connectivity index is 2.44. The van der Waals surface area contributed by atoms with Crippen LogP contribution in [0, 0.1) is 0 Å². The van der Waals surface area contributed by atoms with Gasteiger partial charge < -0.3 is 20.1 Å². The molecule has 2 N–H and O–H groups in total. The van der Waals surface area contributed by atoms with Gasteiger partial charge in [0.2, 0.25) is 0 Å². The van der Waals surface area contributed by atoms with E-state index in [9.17, 15) is 4.79 Å². The topological polar surface area (TPSA) is 59.6 Å². The Labute approximate surface area is 135 Å². The van der Waals surface area contributed by atoms with Gasteiger partial charge in [0.15, 0.2) is 0 Å². The molecule has 0 aromatic heterocycles. The second-order valence-corrected chi connectivity index (χ2v) is 7.24. The number of carbonyl (C=O) groups excluding carboxylic acids is 1. The Bertz CT molecular complexity index is 342. The van der Waals surface area contributed by atoms with Crippen LogP contribution in [0.1, 0.15) is 67.2 Å². The number of carbonyl (C=O) groups is 1. The molecule has 0 aromatic rings. The second-order valence-electron chi connectivity index (χ2n) is 7.24. The molecule has 0 bridgehead atoms. The second kappa shape index (κ2) is 8.16. The van der Waals surface area contributed by atoms with Gasteiger partial charge in [-0.3, -0.25) is 0 Å². The van der Waals surface area contributed by atoms with Crippen molar-refractivity contribution < 1.29 is 14.3 Å². The zero-order valence-corrected chi connectivity index (χ0v) is 15.1. The van der Waals surface area contributed by atoms with Gasteiger partial charge in [-0.15, -0.1) is 0 Å². The molecular weight excluding hydrogens is 280 g/mol. The van der Waals surface area contributed by atoms with Crippen LogP contribution in [0.15, 0.2) is 0 Å². The summed E-state index contributed by atoms with van der Waals surface area (Å²) in [4.78, 5) is 12.1. The maximum Gasteiger partial charge on any atom is 0.408 e. The molecule has 1 saturated carbocycles. The summed E-state index contributed by atoms with van der Waals surface area (Å²) in [6.45, 7) is 13.4. The molecule has 22 heavy (non-hydrogen) atoms. The highest BCUT2D eigenvalue weighted by atomic mass is 16.6. The van der Waals surface area contributed by atoms with Gasteiger partial charge in [-0.05, 0) is 53.4 Å². The molecule has 5 heteroatoms. The lowest BCUT2D eigenvalue weighted by molar-refractivity contribution is -0.0119. The molecule has 5 nitrogen and oxygen atoms in total. The number of hydrogen-bond donors (Lipinski definition) is 2. The minimum atomic E-state index is -0.469. The summed E-state index contributed by atoms with van der Waals surface area (Å²) in [6.07, 6.45) is 3.93. The lowest BCUT2D eigenvalue weighted by atomic mass is 9.87. The quantitative estimate of drug-likeness (QED) is 0.722. The minimum absolute atomic E-state index is 0.251. The van der Waals surface area contributed by atoms with Crippen molar-refractivity contribution in [3.63, 3.8) is 0 Å². The van der Waals surface area contributed by atoms with Crippen molar-refractivity contribution in [1.82, 2.24) is 10.6 Å². The maximum absolute atomic E-state index is 12.1. The Morgan fingerprint density at radius 3 is 2.18 bits per heavy atom. The molecule has 1 aliphatic carbocycles. The molecule has 0 unspecified atom stereocenters. The van der Waals surface area contributed by atoms with Gasteiger partial charge in [-0.1, -0.05) is 13.8 Å². The summed E-state index contributed by atoms with van der Waals surface area (Å²) in [6, 6.07) is 0.495. The van der Waals surface area contributed by atoms with Crippen molar-refractivity contribution in [3.8, 4) is 0 Å². The average Bonchev–Trinajstić information content (AvgIpc) is 2.37. The molecule has 0 aromatic carbocycles. The van der Waals surface area contributed by atoms with Crippen LogP contribution in [0.25, 0.3) is 0 Å². The molecule has 130 valence electrons. The Morgan fingerprint density at radius 2 is 1.73 bits per heavy atom. The van der Waals surface area contributed by atoms with E-state index >= 15 is 0 Å². The van der Waals surface area contributed by atoms with E-state index in [4.69, 9.17) is 9.47 Å². The fourth-order valence-electron chi connectivity index (χ4n) is 2.68. The van der Waals surface area contributed by atoms with Crippen LogP contribution in [-0.2, 0) is 9.47 Å². The molecule has 1 rings (SSSR count). The van der Waals surface area contributed by atoms with Crippen molar-refractivity contribution in [2.45, 2.75) is 90.5 Å². The van der Waals surface area contributed by atoms with Crippen LogP contribution in [0.5, 0.6) is 0 Å². The predicted octanol–water partition coefficient (Wildman–Crippen LogP) is 3.23. The van der Waals surface area contributed by atoms with Gasteiger partial charge in [0.1, 0.15) is 5.60 Å². The summed E-state index contributed by atoms with van der Waals surface area (Å²) < 4.78 is 11.0. The van der Waals surface area contributed by atoms with Gasteiger partial charge in [0.25, 0.3) is 0 Å². The minimum Gasteiger partial charge on any atom is -0.444 e. The Morgan fingerprint density at radius 1 is 1.14 bits per heavy atom. The van der Waals surface area contributed by atoms with Crippen molar-refractivity contribution in [2.24, 2.45) is 0 Å². The van der Waals surface area contributed by atoms with E-state index in [-0.39, 0.29) is 11.6 Å². The normalized spacial score (nSPS) is 22.1. The fourth-order valence-corrected chi connectivity index (χ4v) is 2.68. The van der Waals surface area contributed by atoms with Gasteiger partial charge in [0.05, 0.1) is 11.6 Å². The van der Waals surface area contributed by atoms with Crippen LogP contribution in [0.3, 0.4) is 0 Å². The van der Waals surface area contributed by atoms with E-state index in [1.54, 1.807) is 0 Å². The molecule has 1 fully saturated rings. The van der Waals surface area contributed by atoms with Crippen LogP contribution < -0.4 is 10.6 Å². The van der Waals surface area contributed by atoms with Crippen LogP contribution >= 0.6 is 0 Å². The zero-order valence-electron chi connectivity index (χ0n) is 15.1. The number of hydrogen-bond acceptors (Lipinski definition) is 4. The summed E-state index contributed by atoms with van der Waals surface area (Å²) in [5.41, 5.74) is -0.720. The highest BCUT2D eigenvalue weighted by Crippen LogP contribution is 2.24. The summed E-state index contributed by atoms with van der Waals surface area (Å²) in [5, 5.41) is 6.64. The van der Waals surface area contributed by atoms with Crippen molar-refractivity contribution in [1.29, 1.82) is 0 Å². The van der Waals surface area contributed by atoms with E-state index in [0.717, 1.165) is 38.8 Å². The third kappa shape index (κ3) is 6.13. The van der Waals surface area contributed by atoms with Gasteiger partial charge in [-0.2, -0.15) is 0 Å². The van der Waals surface area contributed by atoms with Gasteiger partial charge >= 0.3 is 6.09 Å². The molecule has 1 aliphatic rings. The first-order chi connectivity index (χ1) is 10.2. The lowest BCUT2D eigenvalue weighted by Crippen LogP contribution is -2.58. The van der Waals surface area contributed by atoms with E-state index in [2.05, 4.69) is 24.5 Å². The van der Waals surface area contributed by atoms with E-state index in [0.29, 0.717) is 12.1 Å². The highest BCUT2D eigenvalue weighted by Gasteiger charge is 2.34. The molecule has 0 saturated heterocycles. The summed E-state index contributed by atoms with van der Waals surface area (Å²) in [7, 11) is 0. The maximum atomic E-state index is 12.1. The van der Waals surface area contributed by atoms with Crippen molar-refractivity contribution in [3.05, 3.63) is 0 Å². The van der Waals surface area contributed by atoms with Crippen LogP contribution in [0.4, 0.5) is 4.79 Å². The smallest absolute Gasteiger partial charge is 0.408 e. The average molecular weight is 314 g/mol. The third-order valence-corrected chi connectivity index (χ3v) is 4.35. The van der Waals surface area contributed by atoms with Gasteiger partial charge in [0, 0.05) is 19.2 Å². The summed E-state index contributed by atoms with van der Waals surface area (Å²) >= 11 is 0. The molecule has 0 atom stereocenters. The number of alkyl carbamates (subject to hydrolysis) is 1. The number of amides is 1. The molecule has 1 amide bonds. The monoisotopic (exact) mass is 314 g/mol. The lowest BCUT2D eigenvalue weighted by Gasteiger charge is -2.40. The van der Waals surface area contributed by atoms with Crippen molar-refractivity contribution >= 4 is 6.09 Å². The van der Waals surface area contributed by atoms with Crippen molar-refractivity contribution in [2.75, 3.05) is 13.2 Å². The van der Waals surface area contributed by atoms with Crippen LogP contribution in [-0.4, -0.2) is 42.5 Å². The molecule has 0 radical (unpaired) electrons. The standard InChI is InChI=1S/C17H34N2O3/c1-7-17(8-2,19-15(20)22-16(4,5)6)12-18-13-10-14(11-13)21-9-3/h13-14,18H,7-12H2,1-6H3,(H,19,20). The van der Waals surface area contributed by atoms with E-state index in [1.165, 1.54) is 0 Å². The largest absolute Gasteiger partial charge is 0.444 e. The first kappa shape index (κ1) is 19.2. The molecule has 0 aliphatic heterocycles. The first-order valence-electron chi connectivity index (χ1n) is 8.59. The van der Waals surface area contributed by atoms with E-state index < -0.39 is 5.60 Å². The zero-order chi connectivity index (χ0) is 16.8. The molecule has 0 spiro atoms. The number of rotatable bonds is 8. The number of ether oxygens (including phenoxy) is 2. The third-order valence-electron chi connectivity index (χ3n) is 4.35. The molecule has 0 heterocycles. The SMILES string of the molecule is CCOC1CC(NCC(CC)(CC)NC(=O)OC(C)(C)C)C1. The fraction of sp³-hybridized carbons (Fsp3) is 0.941. The van der Waals surface area contributed by atoms with Gasteiger partial charge in [-0.25, -0.2) is 4.79 Å². The number of nitrogens with one attached hydrogen (secondary N) is 2. The highest BCUT2D eigenvalue weighted by molar-refractivity contribution is 5.68. The van der Waals surface area contributed by atoms with E-state index in [1.807, 2.05) is 27.7 Å². The summed E-state index contributed by atoms with van der Waals surface area (Å²) in [5.74, 6) is 0. The van der Waals surface area contributed by atoms with Crippen LogP contribution in [0.2, 0.25) is 0 Å². The Hall–Kier alpha value is -0.810.